The maximum atomic E-state index is 9.62. The minimum atomic E-state index is 0.491. The zero-order valence-electron chi connectivity index (χ0n) is 4.72. The Balaban J connectivity index is 3.25. The Morgan fingerprint density at radius 1 is 1.43 bits per heavy atom. The first-order valence-corrected chi connectivity index (χ1v) is 2.39. The van der Waals surface area contributed by atoms with Crippen LogP contribution in [-0.2, 0) is 4.79 Å². The smallest absolute Gasteiger partial charge is 0.142 e. The molecule has 7 heavy (non-hydrogen) atoms. The van der Waals surface area contributed by atoms with Crippen molar-refractivity contribution in [3.05, 3.63) is 12.2 Å². The highest BCUT2D eigenvalue weighted by molar-refractivity contribution is 5.64. The van der Waals surface area contributed by atoms with E-state index in [-0.39, 0.29) is 0 Å². The standard InChI is InChI=1S/C6H10O/c1-6(2)4-3-5-7/h3-6H,1-2H3/b4-3-. The number of hydrogen-bond acceptors (Lipinski definition) is 1. The molecule has 0 bridgehead atoms. The Hall–Kier alpha value is -0.590. The lowest BCUT2D eigenvalue weighted by atomic mass is 10.2. The van der Waals surface area contributed by atoms with Crippen LogP contribution in [0, 0.1) is 5.92 Å². The van der Waals surface area contributed by atoms with Gasteiger partial charge in [0.25, 0.3) is 0 Å². The summed E-state index contributed by atoms with van der Waals surface area (Å²) in [6, 6.07) is 0. The number of aldehydes is 1. The van der Waals surface area contributed by atoms with Crippen molar-refractivity contribution in [2.24, 2.45) is 5.92 Å². The summed E-state index contributed by atoms with van der Waals surface area (Å²) in [6.07, 6.45) is 4.16. The zero-order valence-corrected chi connectivity index (χ0v) is 4.72. The second kappa shape index (κ2) is 3.59. The maximum Gasteiger partial charge on any atom is 0.142 e. The molecule has 1 heteroatoms. The van der Waals surface area contributed by atoms with E-state index in [0.717, 1.165) is 6.29 Å². The Kier molecular flexibility index (Phi) is 3.29. The highest BCUT2D eigenvalue weighted by Gasteiger charge is 1.78. The molecular weight excluding hydrogens is 88.1 g/mol. The summed E-state index contributed by atoms with van der Waals surface area (Å²) in [5, 5.41) is 0. The lowest BCUT2D eigenvalue weighted by Crippen LogP contribution is -1.75. The van der Waals surface area contributed by atoms with E-state index in [1.165, 1.54) is 6.08 Å². The van der Waals surface area contributed by atoms with Gasteiger partial charge in [0, 0.05) is 0 Å². The number of carbonyl (C=O) groups is 1. The molecule has 0 aromatic rings. The molecule has 0 saturated carbocycles. The normalized spacial score (nSPS) is 10.7. The van der Waals surface area contributed by atoms with Gasteiger partial charge in [0.2, 0.25) is 0 Å². The van der Waals surface area contributed by atoms with E-state index in [4.69, 9.17) is 0 Å². The summed E-state index contributed by atoms with van der Waals surface area (Å²) in [7, 11) is 0. The third-order valence-corrected chi connectivity index (χ3v) is 0.575. The highest BCUT2D eigenvalue weighted by atomic mass is 16.1. The lowest BCUT2D eigenvalue weighted by Gasteiger charge is -1.86. The predicted octanol–water partition coefficient (Wildman–Crippen LogP) is 1.40. The first-order valence-electron chi connectivity index (χ1n) is 2.39. The molecule has 1 nitrogen and oxygen atoms in total. The fourth-order valence-corrected chi connectivity index (χ4v) is 0.268. The van der Waals surface area contributed by atoms with E-state index in [1.54, 1.807) is 0 Å². The van der Waals surface area contributed by atoms with Gasteiger partial charge in [-0.25, -0.2) is 0 Å². The molecule has 0 atom stereocenters. The van der Waals surface area contributed by atoms with Crippen molar-refractivity contribution < 1.29 is 4.79 Å². The van der Waals surface area contributed by atoms with Crippen LogP contribution < -0.4 is 0 Å². The van der Waals surface area contributed by atoms with Gasteiger partial charge in [-0.1, -0.05) is 19.9 Å². The second-order valence-corrected chi connectivity index (χ2v) is 1.76. The quantitative estimate of drug-likeness (QED) is 0.377. The van der Waals surface area contributed by atoms with Crippen molar-refractivity contribution in [3.8, 4) is 0 Å². The molecule has 0 aromatic carbocycles. The van der Waals surface area contributed by atoms with Crippen LogP contribution in [0.4, 0.5) is 0 Å². The minimum absolute atomic E-state index is 0.491. The Labute approximate surface area is 44.0 Å². The topological polar surface area (TPSA) is 17.1 Å². The van der Waals surface area contributed by atoms with E-state index in [2.05, 4.69) is 0 Å². The van der Waals surface area contributed by atoms with Crippen LogP contribution >= 0.6 is 0 Å². The molecule has 0 amide bonds. The Morgan fingerprint density at radius 3 is 2.14 bits per heavy atom. The van der Waals surface area contributed by atoms with Gasteiger partial charge in [-0.05, 0) is 12.0 Å². The fourth-order valence-electron chi connectivity index (χ4n) is 0.268. The van der Waals surface area contributed by atoms with Crippen molar-refractivity contribution in [1.82, 2.24) is 0 Å². The maximum absolute atomic E-state index is 9.62. The first kappa shape index (κ1) is 6.41. The number of rotatable bonds is 2. The van der Waals surface area contributed by atoms with Gasteiger partial charge in [0.15, 0.2) is 0 Å². The third kappa shape index (κ3) is 5.41. The molecular formula is C6H10O. The molecule has 40 valence electrons. The summed E-state index contributed by atoms with van der Waals surface area (Å²) < 4.78 is 0. The molecule has 0 rings (SSSR count). The Bertz CT molecular complexity index is 72.2. The van der Waals surface area contributed by atoms with E-state index in [9.17, 15) is 4.79 Å². The highest BCUT2D eigenvalue weighted by Crippen LogP contribution is 1.90. The molecule has 0 unspecified atom stereocenters. The Morgan fingerprint density at radius 2 is 2.00 bits per heavy atom. The van der Waals surface area contributed by atoms with Crippen LogP contribution in [0.3, 0.4) is 0 Å². The summed E-state index contributed by atoms with van der Waals surface area (Å²) in [5.41, 5.74) is 0. The zero-order chi connectivity index (χ0) is 5.70. The lowest BCUT2D eigenvalue weighted by molar-refractivity contribution is -0.104. The van der Waals surface area contributed by atoms with Crippen molar-refractivity contribution in [1.29, 1.82) is 0 Å². The SMILES string of the molecule is CC(C)/C=C\C=O. The molecule has 0 fully saturated rings. The molecule has 0 saturated heterocycles. The van der Waals surface area contributed by atoms with Gasteiger partial charge >= 0.3 is 0 Å². The van der Waals surface area contributed by atoms with Gasteiger partial charge in [0.1, 0.15) is 6.29 Å². The molecule has 0 aliphatic heterocycles. The van der Waals surface area contributed by atoms with Crippen LogP contribution in [0.5, 0.6) is 0 Å². The first-order chi connectivity index (χ1) is 3.27. The van der Waals surface area contributed by atoms with Crippen molar-refractivity contribution in [2.45, 2.75) is 13.8 Å². The summed E-state index contributed by atoms with van der Waals surface area (Å²) in [5.74, 6) is 0.491. The van der Waals surface area contributed by atoms with Crippen molar-refractivity contribution in [2.75, 3.05) is 0 Å². The van der Waals surface area contributed by atoms with E-state index in [0.29, 0.717) is 5.92 Å². The van der Waals surface area contributed by atoms with E-state index in [1.807, 2.05) is 19.9 Å². The largest absolute Gasteiger partial charge is 0.299 e. The second-order valence-electron chi connectivity index (χ2n) is 1.76. The van der Waals surface area contributed by atoms with Gasteiger partial charge in [-0.15, -0.1) is 0 Å². The average molecular weight is 98.1 g/mol. The van der Waals surface area contributed by atoms with E-state index < -0.39 is 0 Å². The van der Waals surface area contributed by atoms with Crippen LogP contribution in [0.2, 0.25) is 0 Å². The van der Waals surface area contributed by atoms with Gasteiger partial charge in [-0.2, -0.15) is 0 Å². The van der Waals surface area contributed by atoms with Gasteiger partial charge in [-0.3, -0.25) is 4.79 Å². The third-order valence-electron chi connectivity index (χ3n) is 0.575. The summed E-state index contributed by atoms with van der Waals surface area (Å²) in [6.45, 7) is 4.06. The van der Waals surface area contributed by atoms with Crippen molar-refractivity contribution >= 4 is 6.29 Å². The van der Waals surface area contributed by atoms with Crippen molar-refractivity contribution in [3.63, 3.8) is 0 Å². The van der Waals surface area contributed by atoms with Crippen LogP contribution in [0.25, 0.3) is 0 Å². The molecule has 0 heterocycles. The molecule has 0 aromatic heterocycles. The molecule has 0 N–H and O–H groups in total. The molecule has 0 aliphatic rings. The summed E-state index contributed by atoms with van der Waals surface area (Å²) in [4.78, 5) is 9.62. The number of carbonyl (C=O) groups excluding carboxylic acids is 1. The van der Waals surface area contributed by atoms with Gasteiger partial charge in [0.05, 0.1) is 0 Å². The number of hydrogen-bond donors (Lipinski definition) is 0. The molecule has 0 radical (unpaired) electrons. The van der Waals surface area contributed by atoms with Crippen LogP contribution in [0.15, 0.2) is 12.2 Å². The predicted molar refractivity (Wildman–Crippen MR) is 30.0 cm³/mol. The van der Waals surface area contributed by atoms with Crippen LogP contribution in [0.1, 0.15) is 13.8 Å². The monoisotopic (exact) mass is 98.1 g/mol. The fraction of sp³-hybridized carbons (Fsp3) is 0.500. The minimum Gasteiger partial charge on any atom is -0.299 e. The van der Waals surface area contributed by atoms with E-state index >= 15 is 0 Å². The van der Waals surface area contributed by atoms with Gasteiger partial charge < -0.3 is 0 Å². The molecule has 0 aliphatic carbocycles. The number of allylic oxidation sites excluding steroid dienone is 2. The van der Waals surface area contributed by atoms with Crippen LogP contribution in [-0.4, -0.2) is 6.29 Å². The average Bonchev–Trinajstić information content (AvgIpc) is 1.61. The molecule has 0 spiro atoms. The summed E-state index contributed by atoms with van der Waals surface area (Å²) >= 11 is 0.